The van der Waals surface area contributed by atoms with Gasteiger partial charge in [0.25, 0.3) is 0 Å². The Bertz CT molecular complexity index is 1480. The largest absolute Gasteiger partial charge is 0.386 e. The first-order valence-corrected chi connectivity index (χ1v) is 12.1. The monoisotopic (exact) mass is 441 g/mol. The van der Waals surface area contributed by atoms with Crippen molar-refractivity contribution in [2.75, 3.05) is 25.0 Å². The van der Waals surface area contributed by atoms with Gasteiger partial charge >= 0.3 is 0 Å². The SMILES string of the molecule is CN1C=CC=C(N(C2=CNCC=C2)c2ccc3c4c2C=CC[C@H]4c2cccc4cccc-3c24)C1. The van der Waals surface area contributed by atoms with Crippen molar-refractivity contribution in [2.24, 2.45) is 0 Å². The molecule has 0 spiro atoms. The van der Waals surface area contributed by atoms with Gasteiger partial charge in [-0.05, 0) is 69.9 Å². The molecule has 1 N–H and O–H groups in total. The number of anilines is 1. The fourth-order valence-electron chi connectivity index (χ4n) is 6.08. The van der Waals surface area contributed by atoms with Crippen molar-refractivity contribution in [3.63, 3.8) is 0 Å². The van der Waals surface area contributed by atoms with E-state index in [-0.39, 0.29) is 0 Å². The van der Waals surface area contributed by atoms with Crippen LogP contribution in [-0.4, -0.2) is 25.0 Å². The molecule has 0 aromatic heterocycles. The van der Waals surface area contributed by atoms with E-state index in [0.29, 0.717) is 5.92 Å². The zero-order chi connectivity index (χ0) is 22.6. The number of dihydropyridines is 1. The van der Waals surface area contributed by atoms with Crippen LogP contribution >= 0.6 is 0 Å². The molecular formula is C31H27N3. The fourth-order valence-corrected chi connectivity index (χ4v) is 6.08. The number of likely N-dealkylation sites (N-methyl/N-ethyl adjacent to an activating group) is 1. The van der Waals surface area contributed by atoms with Gasteiger partial charge in [0.1, 0.15) is 0 Å². The van der Waals surface area contributed by atoms with E-state index in [1.807, 2.05) is 0 Å². The minimum Gasteiger partial charge on any atom is -0.386 e. The van der Waals surface area contributed by atoms with Crippen molar-refractivity contribution < 1.29 is 0 Å². The van der Waals surface area contributed by atoms with E-state index in [4.69, 9.17) is 0 Å². The van der Waals surface area contributed by atoms with Crippen LogP contribution in [0.4, 0.5) is 5.69 Å². The Balaban J connectivity index is 1.48. The third-order valence-corrected chi connectivity index (χ3v) is 7.47. The molecule has 3 heteroatoms. The first kappa shape index (κ1) is 19.5. The molecule has 0 saturated heterocycles. The van der Waals surface area contributed by atoms with Gasteiger partial charge in [-0.25, -0.2) is 0 Å². The summed E-state index contributed by atoms with van der Waals surface area (Å²) in [7, 11) is 2.13. The van der Waals surface area contributed by atoms with Gasteiger partial charge in [-0.2, -0.15) is 0 Å². The summed E-state index contributed by atoms with van der Waals surface area (Å²) in [6.07, 6.45) is 18.9. The van der Waals surface area contributed by atoms with Gasteiger partial charge in [0.05, 0.1) is 17.9 Å². The zero-order valence-corrected chi connectivity index (χ0v) is 19.3. The molecule has 0 fully saturated rings. The van der Waals surface area contributed by atoms with Crippen LogP contribution in [0.15, 0.2) is 103 Å². The lowest BCUT2D eigenvalue weighted by Crippen LogP contribution is -2.32. The normalized spacial score (nSPS) is 19.4. The lowest BCUT2D eigenvalue weighted by molar-refractivity contribution is 0.486. The van der Waals surface area contributed by atoms with Crippen molar-refractivity contribution in [3.05, 3.63) is 119 Å². The van der Waals surface area contributed by atoms with E-state index >= 15 is 0 Å². The summed E-state index contributed by atoms with van der Waals surface area (Å²) in [5, 5.41) is 6.19. The summed E-state index contributed by atoms with van der Waals surface area (Å²) < 4.78 is 0. The highest BCUT2D eigenvalue weighted by molar-refractivity contribution is 6.04. The highest BCUT2D eigenvalue weighted by Crippen LogP contribution is 2.52. The number of fused-ring (bicyclic) bond motifs is 2. The molecule has 3 aromatic carbocycles. The van der Waals surface area contributed by atoms with E-state index < -0.39 is 0 Å². The fraction of sp³-hybridized carbons (Fsp3) is 0.161. The molecule has 0 unspecified atom stereocenters. The average Bonchev–Trinajstić information content (AvgIpc) is 2.88. The van der Waals surface area contributed by atoms with Crippen LogP contribution < -0.4 is 10.2 Å². The van der Waals surface area contributed by atoms with Crippen LogP contribution in [0.5, 0.6) is 0 Å². The van der Waals surface area contributed by atoms with Crippen LogP contribution in [0.3, 0.4) is 0 Å². The van der Waals surface area contributed by atoms with Crippen LogP contribution in [0.2, 0.25) is 0 Å². The molecule has 2 aliphatic heterocycles. The molecular weight excluding hydrogens is 414 g/mol. The third kappa shape index (κ3) is 2.83. The maximum absolute atomic E-state index is 3.42. The average molecular weight is 442 g/mol. The standard InChI is InChI=1S/C31H27N3/c1-33-18-6-10-23(20-33)34(22-9-5-17-32-19-22)29-16-15-27-25-12-3-8-21-7-2-11-24(30(21)25)26-13-4-14-28(29)31(26)27/h2-12,14-16,18-19,26,32H,13,17,20H2,1H3/t26-/m0/s1. The quantitative estimate of drug-likeness (QED) is 0.499. The lowest BCUT2D eigenvalue weighted by atomic mass is 9.71. The van der Waals surface area contributed by atoms with Gasteiger partial charge in [-0.3, -0.25) is 0 Å². The molecule has 0 saturated carbocycles. The summed E-state index contributed by atoms with van der Waals surface area (Å²) in [5.74, 6) is 0.396. The highest BCUT2D eigenvalue weighted by atomic mass is 15.2. The predicted molar refractivity (Wildman–Crippen MR) is 142 cm³/mol. The molecule has 1 atom stereocenters. The first-order chi connectivity index (χ1) is 16.8. The molecule has 4 aliphatic rings. The van der Waals surface area contributed by atoms with Crippen molar-refractivity contribution in [3.8, 4) is 11.1 Å². The Morgan fingerprint density at radius 1 is 0.971 bits per heavy atom. The van der Waals surface area contributed by atoms with Crippen LogP contribution in [0.1, 0.15) is 29.0 Å². The number of nitrogens with one attached hydrogen (secondary N) is 1. The molecule has 34 heavy (non-hydrogen) atoms. The number of rotatable bonds is 3. The second-order valence-electron chi connectivity index (χ2n) is 9.53. The summed E-state index contributed by atoms with van der Waals surface area (Å²) in [6, 6.07) is 18.2. The minimum atomic E-state index is 0.396. The number of hydrogen-bond acceptors (Lipinski definition) is 3. The smallest absolute Gasteiger partial charge is 0.0613 e. The Labute approximate surface area is 200 Å². The molecule has 166 valence electrons. The van der Waals surface area contributed by atoms with E-state index in [9.17, 15) is 0 Å². The van der Waals surface area contributed by atoms with Gasteiger partial charge in [0, 0.05) is 37.0 Å². The Hall–Kier alpha value is -3.98. The Kier molecular flexibility index (Phi) is 4.31. The molecule has 2 aliphatic carbocycles. The third-order valence-electron chi connectivity index (χ3n) is 7.47. The van der Waals surface area contributed by atoms with E-state index in [1.54, 1.807) is 0 Å². The minimum absolute atomic E-state index is 0.396. The molecule has 2 heterocycles. The van der Waals surface area contributed by atoms with Crippen molar-refractivity contribution in [1.29, 1.82) is 0 Å². The van der Waals surface area contributed by atoms with E-state index in [2.05, 4.69) is 120 Å². The predicted octanol–water partition coefficient (Wildman–Crippen LogP) is 6.52. The van der Waals surface area contributed by atoms with Gasteiger partial charge in [-0.15, -0.1) is 0 Å². The molecule has 7 rings (SSSR count). The molecule has 3 nitrogen and oxygen atoms in total. The second kappa shape index (κ2) is 7.53. The maximum atomic E-state index is 3.42. The van der Waals surface area contributed by atoms with Gasteiger partial charge < -0.3 is 15.1 Å². The van der Waals surface area contributed by atoms with E-state index in [0.717, 1.165) is 19.5 Å². The molecule has 0 amide bonds. The van der Waals surface area contributed by atoms with Crippen LogP contribution in [0, 0.1) is 0 Å². The van der Waals surface area contributed by atoms with Crippen molar-refractivity contribution in [1.82, 2.24) is 10.2 Å². The summed E-state index contributed by atoms with van der Waals surface area (Å²) in [4.78, 5) is 4.68. The summed E-state index contributed by atoms with van der Waals surface area (Å²) in [6.45, 7) is 1.74. The zero-order valence-electron chi connectivity index (χ0n) is 19.3. The molecule has 0 radical (unpaired) electrons. The highest BCUT2D eigenvalue weighted by Gasteiger charge is 2.32. The summed E-state index contributed by atoms with van der Waals surface area (Å²) >= 11 is 0. The van der Waals surface area contributed by atoms with Gasteiger partial charge in [-0.1, -0.05) is 60.7 Å². The van der Waals surface area contributed by atoms with Crippen molar-refractivity contribution >= 4 is 22.5 Å². The Morgan fingerprint density at radius 3 is 2.74 bits per heavy atom. The number of benzene rings is 3. The van der Waals surface area contributed by atoms with Gasteiger partial charge in [0.15, 0.2) is 0 Å². The Morgan fingerprint density at radius 2 is 1.88 bits per heavy atom. The number of allylic oxidation sites excluding steroid dienone is 4. The molecule has 0 bridgehead atoms. The van der Waals surface area contributed by atoms with Crippen LogP contribution in [-0.2, 0) is 0 Å². The number of hydrogen-bond donors (Lipinski definition) is 1. The maximum Gasteiger partial charge on any atom is 0.0613 e. The second-order valence-corrected chi connectivity index (χ2v) is 9.53. The van der Waals surface area contributed by atoms with Crippen LogP contribution in [0.25, 0.3) is 28.0 Å². The van der Waals surface area contributed by atoms with Crippen molar-refractivity contribution in [2.45, 2.75) is 12.3 Å². The lowest BCUT2D eigenvalue weighted by Gasteiger charge is -2.38. The number of nitrogens with zero attached hydrogens (tertiary/aromatic N) is 2. The van der Waals surface area contributed by atoms with E-state index in [1.165, 1.54) is 55.7 Å². The topological polar surface area (TPSA) is 18.5 Å². The first-order valence-electron chi connectivity index (χ1n) is 12.1. The molecule has 3 aromatic rings. The van der Waals surface area contributed by atoms with Gasteiger partial charge in [0.2, 0.25) is 0 Å². The summed E-state index contributed by atoms with van der Waals surface area (Å²) in [5.41, 5.74) is 10.7.